The van der Waals surface area contributed by atoms with E-state index in [4.69, 9.17) is 25.4 Å². The smallest absolute Gasteiger partial charge is 0.222 e. The second-order valence-corrected chi connectivity index (χ2v) is 7.27. The maximum Gasteiger partial charge on any atom is 0.222 e. The Morgan fingerprint density at radius 3 is 2.12 bits per heavy atom. The Kier molecular flexibility index (Phi) is 22.9. The molecule has 0 bridgehead atoms. The summed E-state index contributed by atoms with van der Waals surface area (Å²) in [5.74, 6) is 2.26. The van der Waals surface area contributed by atoms with Crippen molar-refractivity contribution in [2.45, 2.75) is 25.0 Å². The third-order valence-electron chi connectivity index (χ3n) is 4.54. The van der Waals surface area contributed by atoms with Gasteiger partial charge in [0.15, 0.2) is 0 Å². The zero-order valence-corrected chi connectivity index (χ0v) is 19.9. The van der Waals surface area contributed by atoms with Gasteiger partial charge in [-0.05, 0) is 13.5 Å². The standard InChI is InChI=1S/C22H43N3O8/c1-3-8-30-10-12-32-14-15-33-13-11-31-9-5-22(29)24-6-4-7-25(20(18-26)19-27)17-21(28)16-23-2/h1,20-21,23,26-28H,4-19H2,2H3,(H,24,29). The zero-order valence-electron chi connectivity index (χ0n) is 19.9. The summed E-state index contributed by atoms with van der Waals surface area (Å²) in [4.78, 5) is 13.7. The van der Waals surface area contributed by atoms with Gasteiger partial charge in [0.25, 0.3) is 0 Å². The Hall–Kier alpha value is -1.33. The SMILES string of the molecule is C#CCOCCOCCOCCOCCC(=O)NCCCN(CC(O)CNC)C(CO)CO. The lowest BCUT2D eigenvalue weighted by Gasteiger charge is -2.31. The zero-order chi connectivity index (χ0) is 24.6. The maximum atomic E-state index is 11.9. The van der Waals surface area contributed by atoms with Crippen molar-refractivity contribution in [2.24, 2.45) is 0 Å². The highest BCUT2D eigenvalue weighted by Gasteiger charge is 2.19. The molecule has 0 rings (SSSR count). The fourth-order valence-electron chi connectivity index (χ4n) is 2.84. The van der Waals surface area contributed by atoms with Crippen LogP contribution in [0.2, 0.25) is 0 Å². The topological polar surface area (TPSA) is 142 Å². The minimum atomic E-state index is -0.613. The average molecular weight is 478 g/mol. The number of rotatable bonds is 24. The molecule has 1 amide bonds. The summed E-state index contributed by atoms with van der Waals surface area (Å²) < 4.78 is 21.1. The number of terminal acetylenes is 1. The van der Waals surface area contributed by atoms with Crippen LogP contribution in [0.25, 0.3) is 0 Å². The fourth-order valence-corrected chi connectivity index (χ4v) is 2.84. The minimum absolute atomic E-state index is 0.112. The number of nitrogens with zero attached hydrogens (tertiary/aromatic N) is 1. The Morgan fingerprint density at radius 2 is 1.58 bits per heavy atom. The van der Waals surface area contributed by atoms with E-state index in [0.29, 0.717) is 78.8 Å². The Bertz CT molecular complexity index is 489. The van der Waals surface area contributed by atoms with Crippen LogP contribution >= 0.6 is 0 Å². The second kappa shape index (κ2) is 23.8. The van der Waals surface area contributed by atoms with Crippen molar-refractivity contribution < 1.29 is 39.1 Å². The predicted molar refractivity (Wildman–Crippen MR) is 124 cm³/mol. The molecule has 194 valence electrons. The van der Waals surface area contributed by atoms with Crippen molar-refractivity contribution in [3.8, 4) is 12.3 Å². The highest BCUT2D eigenvalue weighted by Crippen LogP contribution is 2.02. The normalized spacial score (nSPS) is 12.3. The van der Waals surface area contributed by atoms with Gasteiger partial charge in [-0.25, -0.2) is 0 Å². The van der Waals surface area contributed by atoms with Crippen LogP contribution in [0.3, 0.4) is 0 Å². The molecule has 0 radical (unpaired) electrons. The number of likely N-dealkylation sites (N-methyl/N-ethyl adjacent to an activating group) is 1. The number of hydrogen-bond donors (Lipinski definition) is 5. The monoisotopic (exact) mass is 477 g/mol. The van der Waals surface area contributed by atoms with Crippen LogP contribution in [0.5, 0.6) is 0 Å². The average Bonchev–Trinajstić information content (AvgIpc) is 2.80. The number of carbonyl (C=O) groups excluding carboxylic acids is 1. The van der Waals surface area contributed by atoms with Gasteiger partial charge in [0.1, 0.15) is 6.61 Å². The molecule has 1 unspecified atom stereocenters. The van der Waals surface area contributed by atoms with Crippen LogP contribution in [0, 0.1) is 12.3 Å². The van der Waals surface area contributed by atoms with Crippen LogP contribution in [0.15, 0.2) is 0 Å². The van der Waals surface area contributed by atoms with Crippen LogP contribution in [-0.2, 0) is 23.7 Å². The van der Waals surface area contributed by atoms with E-state index in [2.05, 4.69) is 16.6 Å². The lowest BCUT2D eigenvalue weighted by molar-refractivity contribution is -0.122. The Balaban J connectivity index is 3.69. The summed E-state index contributed by atoms with van der Waals surface area (Å²) in [6, 6.07) is -0.442. The number of ether oxygens (including phenoxy) is 4. The summed E-state index contributed by atoms with van der Waals surface area (Å²) in [5, 5.41) is 34.5. The molecular formula is C22H43N3O8. The predicted octanol–water partition coefficient (Wildman–Crippen LogP) is -2.18. The van der Waals surface area contributed by atoms with Gasteiger partial charge in [0.05, 0.1) is 71.6 Å². The van der Waals surface area contributed by atoms with Gasteiger partial charge in [0, 0.05) is 32.6 Å². The summed E-state index contributed by atoms with van der Waals surface area (Å²) in [5.41, 5.74) is 0. The van der Waals surface area contributed by atoms with E-state index in [1.54, 1.807) is 7.05 Å². The van der Waals surface area contributed by atoms with E-state index in [1.807, 2.05) is 4.90 Å². The molecule has 0 saturated carbocycles. The quantitative estimate of drug-likeness (QED) is 0.0769. The van der Waals surface area contributed by atoms with Crippen molar-refractivity contribution in [1.82, 2.24) is 15.5 Å². The van der Waals surface area contributed by atoms with Crippen LogP contribution in [0.1, 0.15) is 12.8 Å². The fraction of sp³-hybridized carbons (Fsp3) is 0.864. The number of carbonyl (C=O) groups is 1. The molecule has 33 heavy (non-hydrogen) atoms. The van der Waals surface area contributed by atoms with Crippen LogP contribution in [-0.4, -0.2) is 138 Å². The van der Waals surface area contributed by atoms with Gasteiger partial charge in [-0.2, -0.15) is 0 Å². The van der Waals surface area contributed by atoms with E-state index in [-0.39, 0.29) is 32.1 Å². The Labute approximate surface area is 197 Å². The molecule has 0 aromatic rings. The molecule has 0 saturated heterocycles. The van der Waals surface area contributed by atoms with Gasteiger partial charge in [0.2, 0.25) is 5.91 Å². The highest BCUT2D eigenvalue weighted by molar-refractivity contribution is 5.75. The molecule has 0 fully saturated rings. The molecule has 1 atom stereocenters. The number of hydrogen-bond acceptors (Lipinski definition) is 10. The van der Waals surface area contributed by atoms with Crippen molar-refractivity contribution in [3.63, 3.8) is 0 Å². The first-order chi connectivity index (χ1) is 16.1. The van der Waals surface area contributed by atoms with Gasteiger partial charge in [-0.3, -0.25) is 9.69 Å². The number of amides is 1. The molecule has 11 heteroatoms. The van der Waals surface area contributed by atoms with Gasteiger partial charge < -0.3 is 44.9 Å². The van der Waals surface area contributed by atoms with Gasteiger partial charge in [-0.15, -0.1) is 6.42 Å². The number of aliphatic hydroxyl groups is 3. The maximum absolute atomic E-state index is 11.9. The van der Waals surface area contributed by atoms with E-state index in [1.165, 1.54) is 0 Å². The number of nitrogens with one attached hydrogen (secondary N) is 2. The van der Waals surface area contributed by atoms with Crippen molar-refractivity contribution in [3.05, 3.63) is 0 Å². The minimum Gasteiger partial charge on any atom is -0.395 e. The van der Waals surface area contributed by atoms with Gasteiger partial charge >= 0.3 is 0 Å². The van der Waals surface area contributed by atoms with E-state index in [0.717, 1.165) is 0 Å². The molecule has 0 aromatic heterocycles. The lowest BCUT2D eigenvalue weighted by atomic mass is 10.2. The first-order valence-electron chi connectivity index (χ1n) is 11.4. The molecule has 0 aliphatic carbocycles. The molecule has 11 nitrogen and oxygen atoms in total. The number of aliphatic hydroxyl groups excluding tert-OH is 3. The molecular weight excluding hydrogens is 434 g/mol. The van der Waals surface area contributed by atoms with Crippen molar-refractivity contribution >= 4 is 5.91 Å². The summed E-state index contributed by atoms with van der Waals surface area (Å²) in [6.45, 7) is 4.57. The van der Waals surface area contributed by atoms with Gasteiger partial charge in [-0.1, -0.05) is 5.92 Å². The van der Waals surface area contributed by atoms with E-state index < -0.39 is 12.1 Å². The molecule has 0 heterocycles. The van der Waals surface area contributed by atoms with Crippen molar-refractivity contribution in [2.75, 3.05) is 99.3 Å². The molecule has 0 aromatic carbocycles. The second-order valence-electron chi connectivity index (χ2n) is 7.27. The third kappa shape index (κ3) is 19.8. The highest BCUT2D eigenvalue weighted by atomic mass is 16.6. The van der Waals surface area contributed by atoms with Crippen LogP contribution in [0.4, 0.5) is 0 Å². The molecule has 5 N–H and O–H groups in total. The van der Waals surface area contributed by atoms with E-state index in [9.17, 15) is 20.1 Å². The molecule has 0 aliphatic rings. The van der Waals surface area contributed by atoms with Crippen molar-refractivity contribution in [1.29, 1.82) is 0 Å². The summed E-state index contributed by atoms with van der Waals surface area (Å²) in [6.07, 6.45) is 5.32. The first kappa shape index (κ1) is 31.7. The van der Waals surface area contributed by atoms with E-state index >= 15 is 0 Å². The lowest BCUT2D eigenvalue weighted by Crippen LogP contribution is -2.47. The first-order valence-corrected chi connectivity index (χ1v) is 11.4. The largest absolute Gasteiger partial charge is 0.395 e. The third-order valence-corrected chi connectivity index (χ3v) is 4.54. The Morgan fingerprint density at radius 1 is 1.00 bits per heavy atom. The van der Waals surface area contributed by atoms with Crippen LogP contribution < -0.4 is 10.6 Å². The molecule has 0 spiro atoms. The molecule has 0 aliphatic heterocycles. The summed E-state index contributed by atoms with van der Waals surface area (Å²) in [7, 11) is 1.74. The summed E-state index contributed by atoms with van der Waals surface area (Å²) >= 11 is 0.